The number of hydrogen-bond acceptors (Lipinski definition) is 5. The molecule has 24 heavy (non-hydrogen) atoms. The van der Waals surface area contributed by atoms with E-state index in [1.807, 2.05) is 25.1 Å². The van der Waals surface area contributed by atoms with Crippen LogP contribution in [-0.4, -0.2) is 47.1 Å². The number of morpholine rings is 1. The molecular weight excluding hydrogens is 328 g/mol. The van der Waals surface area contributed by atoms with Crippen LogP contribution in [0.25, 0.3) is 0 Å². The van der Waals surface area contributed by atoms with Crippen molar-refractivity contribution in [1.29, 1.82) is 0 Å². The number of carbonyl (C=O) groups is 1. The van der Waals surface area contributed by atoms with Crippen LogP contribution in [-0.2, 0) is 4.74 Å². The van der Waals surface area contributed by atoms with Gasteiger partial charge in [-0.15, -0.1) is 0 Å². The molecule has 2 heterocycles. The molecule has 0 unspecified atom stereocenters. The maximum absolute atomic E-state index is 12.6. The SMILES string of the molecule is Cc1nc(Nc2ccc(Cl)cc2C)cc(C(=O)N2CCOCC2)n1. The van der Waals surface area contributed by atoms with E-state index in [9.17, 15) is 4.79 Å². The van der Waals surface area contributed by atoms with Crippen molar-refractivity contribution in [1.82, 2.24) is 14.9 Å². The first-order chi connectivity index (χ1) is 11.5. The molecule has 1 aromatic carbocycles. The molecule has 1 aliphatic rings. The molecule has 1 aromatic heterocycles. The number of halogens is 1. The van der Waals surface area contributed by atoms with Crippen LogP contribution in [0.5, 0.6) is 0 Å². The van der Waals surface area contributed by atoms with Crippen LogP contribution in [0.1, 0.15) is 21.9 Å². The molecule has 1 saturated heterocycles. The van der Waals surface area contributed by atoms with E-state index in [0.717, 1.165) is 11.3 Å². The van der Waals surface area contributed by atoms with E-state index in [4.69, 9.17) is 16.3 Å². The van der Waals surface area contributed by atoms with Crippen LogP contribution in [0, 0.1) is 13.8 Å². The average Bonchev–Trinajstić information content (AvgIpc) is 2.57. The zero-order chi connectivity index (χ0) is 17.1. The highest BCUT2D eigenvalue weighted by atomic mass is 35.5. The van der Waals surface area contributed by atoms with Crippen molar-refractivity contribution in [2.45, 2.75) is 13.8 Å². The van der Waals surface area contributed by atoms with E-state index in [2.05, 4.69) is 15.3 Å². The highest BCUT2D eigenvalue weighted by Gasteiger charge is 2.20. The Morgan fingerprint density at radius 3 is 2.67 bits per heavy atom. The quantitative estimate of drug-likeness (QED) is 0.925. The lowest BCUT2D eigenvalue weighted by atomic mass is 10.2. The van der Waals surface area contributed by atoms with E-state index in [0.29, 0.717) is 48.7 Å². The van der Waals surface area contributed by atoms with Crippen LogP contribution in [0.4, 0.5) is 11.5 Å². The molecular formula is C17H19ClN4O2. The number of carbonyl (C=O) groups excluding carboxylic acids is 1. The molecule has 1 fully saturated rings. The van der Waals surface area contributed by atoms with Crippen LogP contribution in [0.15, 0.2) is 24.3 Å². The van der Waals surface area contributed by atoms with E-state index < -0.39 is 0 Å². The van der Waals surface area contributed by atoms with E-state index in [1.54, 1.807) is 17.9 Å². The Hall–Kier alpha value is -2.18. The first kappa shape index (κ1) is 16.7. The van der Waals surface area contributed by atoms with Crippen LogP contribution >= 0.6 is 11.6 Å². The number of ether oxygens (including phenoxy) is 1. The van der Waals surface area contributed by atoms with Crippen molar-refractivity contribution < 1.29 is 9.53 Å². The van der Waals surface area contributed by atoms with Crippen molar-refractivity contribution in [3.8, 4) is 0 Å². The molecule has 126 valence electrons. The first-order valence-corrected chi connectivity index (χ1v) is 8.16. The van der Waals surface area contributed by atoms with E-state index in [-0.39, 0.29) is 5.91 Å². The summed E-state index contributed by atoms with van der Waals surface area (Å²) in [6.45, 7) is 6.02. The zero-order valence-corrected chi connectivity index (χ0v) is 14.4. The Bertz CT molecular complexity index is 760. The third kappa shape index (κ3) is 3.83. The second kappa shape index (κ2) is 7.15. The Labute approximate surface area is 145 Å². The average molecular weight is 347 g/mol. The lowest BCUT2D eigenvalue weighted by Gasteiger charge is -2.26. The highest BCUT2D eigenvalue weighted by Crippen LogP contribution is 2.23. The molecule has 7 heteroatoms. The molecule has 0 spiro atoms. The maximum Gasteiger partial charge on any atom is 0.272 e. The van der Waals surface area contributed by atoms with Gasteiger partial charge in [0.15, 0.2) is 0 Å². The van der Waals surface area contributed by atoms with Gasteiger partial charge in [-0.05, 0) is 37.6 Å². The van der Waals surface area contributed by atoms with Gasteiger partial charge in [-0.25, -0.2) is 9.97 Å². The van der Waals surface area contributed by atoms with Gasteiger partial charge >= 0.3 is 0 Å². The first-order valence-electron chi connectivity index (χ1n) is 7.79. The number of aryl methyl sites for hydroxylation is 2. The smallest absolute Gasteiger partial charge is 0.272 e. The minimum atomic E-state index is -0.0975. The minimum absolute atomic E-state index is 0.0975. The number of amides is 1. The number of aromatic nitrogens is 2. The van der Waals surface area contributed by atoms with Crippen molar-refractivity contribution in [3.63, 3.8) is 0 Å². The number of hydrogen-bond donors (Lipinski definition) is 1. The van der Waals surface area contributed by atoms with Gasteiger partial charge in [0.2, 0.25) is 0 Å². The van der Waals surface area contributed by atoms with E-state index in [1.165, 1.54) is 0 Å². The number of rotatable bonds is 3. The fraction of sp³-hybridized carbons (Fsp3) is 0.353. The van der Waals surface area contributed by atoms with Crippen molar-refractivity contribution >= 4 is 29.0 Å². The topological polar surface area (TPSA) is 67.4 Å². The van der Waals surface area contributed by atoms with Crippen molar-refractivity contribution in [2.75, 3.05) is 31.6 Å². The van der Waals surface area contributed by atoms with Crippen molar-refractivity contribution in [2.24, 2.45) is 0 Å². The minimum Gasteiger partial charge on any atom is -0.378 e. The zero-order valence-electron chi connectivity index (χ0n) is 13.7. The molecule has 1 N–H and O–H groups in total. The van der Waals surface area contributed by atoms with E-state index >= 15 is 0 Å². The fourth-order valence-electron chi connectivity index (χ4n) is 2.58. The molecule has 0 bridgehead atoms. The van der Waals surface area contributed by atoms with Gasteiger partial charge in [0.05, 0.1) is 13.2 Å². The molecule has 0 aliphatic carbocycles. The molecule has 0 radical (unpaired) electrons. The number of anilines is 2. The number of nitrogens with one attached hydrogen (secondary N) is 1. The third-order valence-corrected chi connectivity index (χ3v) is 4.04. The summed E-state index contributed by atoms with van der Waals surface area (Å²) in [5.74, 6) is 1.03. The molecule has 3 rings (SSSR count). The van der Waals surface area contributed by atoms with Gasteiger partial charge in [0.25, 0.3) is 5.91 Å². The molecule has 6 nitrogen and oxygen atoms in total. The maximum atomic E-state index is 12.6. The van der Waals surface area contributed by atoms with Gasteiger partial charge in [0, 0.05) is 29.9 Å². The molecule has 1 aliphatic heterocycles. The predicted octanol–water partition coefficient (Wildman–Crippen LogP) is 2.96. The van der Waals surface area contributed by atoms with Gasteiger partial charge < -0.3 is 15.0 Å². The Kier molecular flexibility index (Phi) is 4.97. The van der Waals surface area contributed by atoms with Crippen molar-refractivity contribution in [3.05, 3.63) is 46.4 Å². The summed E-state index contributed by atoms with van der Waals surface area (Å²) in [6.07, 6.45) is 0. The molecule has 0 atom stereocenters. The second-order valence-electron chi connectivity index (χ2n) is 5.67. The number of benzene rings is 1. The van der Waals surface area contributed by atoms with Crippen LogP contribution in [0.2, 0.25) is 5.02 Å². The largest absolute Gasteiger partial charge is 0.378 e. The van der Waals surface area contributed by atoms with Gasteiger partial charge in [-0.1, -0.05) is 11.6 Å². The summed E-state index contributed by atoms with van der Waals surface area (Å²) in [4.78, 5) is 23.0. The normalized spacial score (nSPS) is 14.5. The third-order valence-electron chi connectivity index (χ3n) is 3.81. The van der Waals surface area contributed by atoms with Gasteiger partial charge in [-0.3, -0.25) is 4.79 Å². The van der Waals surface area contributed by atoms with Gasteiger partial charge in [0.1, 0.15) is 17.3 Å². The standard InChI is InChI=1S/C17H19ClN4O2/c1-11-9-13(18)3-4-14(11)21-16-10-15(19-12(2)20-16)17(23)22-5-7-24-8-6-22/h3-4,9-10H,5-8H2,1-2H3,(H,19,20,21). The molecule has 0 saturated carbocycles. The summed E-state index contributed by atoms with van der Waals surface area (Å²) in [5.41, 5.74) is 2.28. The lowest BCUT2D eigenvalue weighted by Crippen LogP contribution is -2.41. The summed E-state index contributed by atoms with van der Waals surface area (Å²) < 4.78 is 5.29. The monoisotopic (exact) mass is 346 g/mol. The summed E-state index contributed by atoms with van der Waals surface area (Å²) >= 11 is 5.98. The lowest BCUT2D eigenvalue weighted by molar-refractivity contribution is 0.0299. The molecule has 2 aromatic rings. The molecule has 1 amide bonds. The highest BCUT2D eigenvalue weighted by molar-refractivity contribution is 6.30. The summed E-state index contributed by atoms with van der Waals surface area (Å²) in [6, 6.07) is 7.25. The van der Waals surface area contributed by atoms with Crippen LogP contribution in [0.3, 0.4) is 0 Å². The fourth-order valence-corrected chi connectivity index (χ4v) is 2.80. The Morgan fingerprint density at radius 2 is 1.96 bits per heavy atom. The summed E-state index contributed by atoms with van der Waals surface area (Å²) in [7, 11) is 0. The number of nitrogens with zero attached hydrogens (tertiary/aromatic N) is 3. The van der Waals surface area contributed by atoms with Crippen LogP contribution < -0.4 is 5.32 Å². The van der Waals surface area contributed by atoms with Gasteiger partial charge in [-0.2, -0.15) is 0 Å². The second-order valence-corrected chi connectivity index (χ2v) is 6.11. The Morgan fingerprint density at radius 1 is 1.21 bits per heavy atom. The Balaban J connectivity index is 1.84. The predicted molar refractivity (Wildman–Crippen MR) is 93.0 cm³/mol. The summed E-state index contributed by atoms with van der Waals surface area (Å²) in [5, 5.41) is 3.91.